The molecule has 1 heterocycles. The number of nitrogens with zero attached hydrogens (tertiary/aromatic N) is 2. The minimum atomic E-state index is -0.504. The van der Waals surface area contributed by atoms with Crippen molar-refractivity contribution >= 4 is 28.7 Å². The zero-order valence-electron chi connectivity index (χ0n) is 12.2. The molecule has 1 aromatic carbocycles. The summed E-state index contributed by atoms with van der Waals surface area (Å²) >= 11 is 1.56. The molecule has 0 bridgehead atoms. The third kappa shape index (κ3) is 4.26. The van der Waals surface area contributed by atoms with Gasteiger partial charge in [0.1, 0.15) is 0 Å². The first-order chi connectivity index (χ1) is 10.5. The Labute approximate surface area is 131 Å². The molecule has 0 saturated carbocycles. The topological polar surface area (TPSA) is 97.2 Å². The molecule has 0 aliphatic heterocycles. The van der Waals surface area contributed by atoms with Gasteiger partial charge in [-0.3, -0.25) is 10.1 Å². The minimum absolute atomic E-state index is 0.0653. The van der Waals surface area contributed by atoms with Crippen LogP contribution in [0.3, 0.4) is 0 Å². The Morgan fingerprint density at radius 3 is 2.91 bits per heavy atom. The lowest BCUT2D eigenvalue weighted by molar-refractivity contribution is -0.384. The Morgan fingerprint density at radius 1 is 1.50 bits per heavy atom. The van der Waals surface area contributed by atoms with Crippen LogP contribution in [0, 0.1) is 17.0 Å². The number of nitrogens with one attached hydrogen (secondary N) is 2. The van der Waals surface area contributed by atoms with Crippen molar-refractivity contribution in [1.29, 1.82) is 0 Å². The monoisotopic (exact) mass is 320 g/mol. The number of urea groups is 1. The van der Waals surface area contributed by atoms with Crippen LogP contribution in [-0.4, -0.2) is 22.5 Å². The van der Waals surface area contributed by atoms with Gasteiger partial charge < -0.3 is 10.6 Å². The van der Waals surface area contributed by atoms with Crippen LogP contribution in [0.4, 0.5) is 16.2 Å². The molecule has 2 amide bonds. The maximum absolute atomic E-state index is 11.8. The van der Waals surface area contributed by atoms with Crippen LogP contribution in [0.25, 0.3) is 0 Å². The zero-order valence-corrected chi connectivity index (χ0v) is 13.0. The summed E-state index contributed by atoms with van der Waals surface area (Å²) in [5.74, 6) is 0.106. The molecule has 2 N–H and O–H groups in total. The van der Waals surface area contributed by atoms with E-state index >= 15 is 0 Å². The van der Waals surface area contributed by atoms with E-state index in [0.717, 1.165) is 10.7 Å². The average Bonchev–Trinajstić information content (AvgIpc) is 2.91. The van der Waals surface area contributed by atoms with Gasteiger partial charge in [0.15, 0.2) is 0 Å². The number of hydrogen-bond donors (Lipinski definition) is 2. The Kier molecular flexibility index (Phi) is 5.05. The number of carbonyl (C=O) groups excluding carboxylic acids is 1. The van der Waals surface area contributed by atoms with Crippen LogP contribution in [-0.2, 0) is 0 Å². The molecule has 1 aromatic heterocycles. The van der Waals surface area contributed by atoms with Crippen LogP contribution in [0.1, 0.15) is 23.5 Å². The van der Waals surface area contributed by atoms with Gasteiger partial charge in [-0.2, -0.15) is 0 Å². The van der Waals surface area contributed by atoms with Gasteiger partial charge in [-0.05, 0) is 13.0 Å². The van der Waals surface area contributed by atoms with E-state index in [1.165, 1.54) is 18.2 Å². The molecule has 0 fully saturated rings. The first-order valence-electron chi connectivity index (χ1n) is 6.67. The zero-order chi connectivity index (χ0) is 16.1. The van der Waals surface area contributed by atoms with E-state index in [4.69, 9.17) is 0 Å². The summed E-state index contributed by atoms with van der Waals surface area (Å²) in [7, 11) is 0. The van der Waals surface area contributed by atoms with Crippen LogP contribution in [0.2, 0.25) is 0 Å². The van der Waals surface area contributed by atoms with Gasteiger partial charge in [0.25, 0.3) is 5.69 Å². The van der Waals surface area contributed by atoms with Gasteiger partial charge in [-0.15, -0.1) is 11.3 Å². The quantitative estimate of drug-likeness (QED) is 0.652. The lowest BCUT2D eigenvalue weighted by atomic mass is 10.2. The fourth-order valence-electron chi connectivity index (χ4n) is 1.80. The number of anilines is 1. The van der Waals surface area contributed by atoms with Crippen molar-refractivity contribution in [3.05, 3.63) is 50.5 Å². The summed E-state index contributed by atoms with van der Waals surface area (Å²) in [5.41, 5.74) is 1.28. The Bertz CT molecular complexity index is 686. The molecule has 0 spiro atoms. The number of hydrogen-bond acceptors (Lipinski definition) is 5. The normalized spacial score (nSPS) is 11.7. The van der Waals surface area contributed by atoms with Crippen LogP contribution in [0.5, 0.6) is 0 Å². The number of benzene rings is 1. The number of rotatable bonds is 5. The molecular weight excluding hydrogens is 304 g/mol. The second-order valence-electron chi connectivity index (χ2n) is 4.87. The predicted octanol–water partition coefficient (Wildman–Crippen LogP) is 3.28. The number of amides is 2. The molecule has 8 heteroatoms. The number of nitro groups is 1. The second kappa shape index (κ2) is 6.99. The van der Waals surface area contributed by atoms with Crippen molar-refractivity contribution in [2.75, 3.05) is 11.9 Å². The minimum Gasteiger partial charge on any atom is -0.337 e. The van der Waals surface area contributed by atoms with Gasteiger partial charge in [-0.25, -0.2) is 9.78 Å². The van der Waals surface area contributed by atoms with E-state index in [1.54, 1.807) is 17.4 Å². The fraction of sp³-hybridized carbons (Fsp3) is 0.286. The Morgan fingerprint density at radius 2 is 2.27 bits per heavy atom. The summed E-state index contributed by atoms with van der Waals surface area (Å²) in [5, 5.41) is 18.9. The van der Waals surface area contributed by atoms with Crippen LogP contribution < -0.4 is 10.6 Å². The van der Waals surface area contributed by atoms with Gasteiger partial charge in [0.05, 0.1) is 9.93 Å². The summed E-state index contributed by atoms with van der Waals surface area (Å²) in [6.07, 6.45) is 0. The molecule has 116 valence electrons. The molecule has 0 unspecified atom stereocenters. The van der Waals surface area contributed by atoms with Crippen molar-refractivity contribution in [3.63, 3.8) is 0 Å². The number of aryl methyl sites for hydroxylation is 1. The Hall–Kier alpha value is -2.48. The molecule has 22 heavy (non-hydrogen) atoms. The number of nitro benzene ring substituents is 1. The van der Waals surface area contributed by atoms with Crippen LogP contribution >= 0.6 is 11.3 Å². The summed E-state index contributed by atoms with van der Waals surface area (Å²) < 4.78 is 0. The molecule has 2 rings (SSSR count). The first kappa shape index (κ1) is 15.9. The van der Waals surface area contributed by atoms with Crippen molar-refractivity contribution in [1.82, 2.24) is 10.3 Å². The molecule has 1 atom stereocenters. The molecule has 0 aliphatic rings. The fourth-order valence-corrected chi connectivity index (χ4v) is 2.66. The van der Waals surface area contributed by atoms with E-state index in [0.29, 0.717) is 12.2 Å². The Balaban J connectivity index is 1.88. The van der Waals surface area contributed by atoms with Crippen molar-refractivity contribution in [2.45, 2.75) is 19.8 Å². The molecule has 0 radical (unpaired) electrons. The number of non-ortho nitro benzene ring substituents is 1. The smallest absolute Gasteiger partial charge is 0.319 e. The highest BCUT2D eigenvalue weighted by Gasteiger charge is 2.12. The third-order valence-corrected chi connectivity index (χ3v) is 4.14. The third-order valence-electron chi connectivity index (χ3n) is 2.94. The van der Waals surface area contributed by atoms with Gasteiger partial charge >= 0.3 is 6.03 Å². The highest BCUT2D eigenvalue weighted by atomic mass is 32.1. The lowest BCUT2D eigenvalue weighted by Crippen LogP contribution is -2.31. The number of aromatic nitrogens is 1. The van der Waals surface area contributed by atoms with E-state index in [9.17, 15) is 14.9 Å². The second-order valence-corrected chi connectivity index (χ2v) is 5.76. The van der Waals surface area contributed by atoms with Gasteiger partial charge in [0.2, 0.25) is 0 Å². The van der Waals surface area contributed by atoms with Crippen molar-refractivity contribution in [3.8, 4) is 0 Å². The maximum atomic E-state index is 11.8. The number of carbonyl (C=O) groups is 1. The predicted molar refractivity (Wildman–Crippen MR) is 85.4 cm³/mol. The highest BCUT2D eigenvalue weighted by Crippen LogP contribution is 2.19. The van der Waals surface area contributed by atoms with Crippen LogP contribution in [0.15, 0.2) is 29.6 Å². The first-order valence-corrected chi connectivity index (χ1v) is 7.55. The summed E-state index contributed by atoms with van der Waals surface area (Å²) in [4.78, 5) is 26.4. The molecule has 0 saturated heterocycles. The SMILES string of the molecule is Cc1csc([C@@H](C)CNC(=O)Nc2cccc([N+](=O)[O-])c2)n1. The largest absolute Gasteiger partial charge is 0.337 e. The molecule has 2 aromatic rings. The molecule has 7 nitrogen and oxygen atoms in total. The van der Waals surface area contributed by atoms with E-state index in [1.807, 2.05) is 19.2 Å². The van der Waals surface area contributed by atoms with E-state index in [-0.39, 0.29) is 11.6 Å². The standard InChI is InChI=1S/C14H16N4O3S/c1-9(13-16-10(2)8-22-13)7-15-14(19)17-11-4-3-5-12(6-11)18(20)21/h3-6,8-9H,7H2,1-2H3,(H2,15,17,19)/t9-/m0/s1. The van der Waals surface area contributed by atoms with E-state index < -0.39 is 11.0 Å². The average molecular weight is 320 g/mol. The van der Waals surface area contributed by atoms with E-state index in [2.05, 4.69) is 15.6 Å². The van der Waals surface area contributed by atoms with Gasteiger partial charge in [-0.1, -0.05) is 13.0 Å². The van der Waals surface area contributed by atoms with Crippen molar-refractivity contribution < 1.29 is 9.72 Å². The highest BCUT2D eigenvalue weighted by molar-refractivity contribution is 7.09. The summed E-state index contributed by atoms with van der Waals surface area (Å²) in [6, 6.07) is 5.40. The molecular formula is C14H16N4O3S. The lowest BCUT2D eigenvalue weighted by Gasteiger charge is -2.11. The summed E-state index contributed by atoms with van der Waals surface area (Å²) in [6.45, 7) is 4.34. The number of thiazole rings is 1. The molecule has 0 aliphatic carbocycles. The van der Waals surface area contributed by atoms with Crippen molar-refractivity contribution in [2.24, 2.45) is 0 Å². The maximum Gasteiger partial charge on any atom is 0.319 e. The van der Waals surface area contributed by atoms with Gasteiger partial charge in [0, 0.05) is 41.4 Å².